The SMILES string of the molecule is COc1ccc(OC)c(NC(=O)c2cccc(NC(=O)[C@@H]3[C@@H]4C[C@@H]5[C@@H]3C(=O)O[C@H]5C4)c2)c1. The summed E-state index contributed by atoms with van der Waals surface area (Å²) in [7, 11) is 3.06. The lowest BCUT2D eigenvalue weighted by Gasteiger charge is -2.23. The van der Waals surface area contributed by atoms with Crippen molar-refractivity contribution >= 4 is 29.2 Å². The number of carbonyl (C=O) groups excluding carboxylic acids is 3. The number of amides is 2. The summed E-state index contributed by atoms with van der Waals surface area (Å²) in [4.78, 5) is 38.1. The van der Waals surface area contributed by atoms with E-state index < -0.39 is 0 Å². The molecule has 1 saturated heterocycles. The van der Waals surface area contributed by atoms with Crippen molar-refractivity contribution in [3.63, 3.8) is 0 Å². The summed E-state index contributed by atoms with van der Waals surface area (Å²) in [5, 5.41) is 5.72. The van der Waals surface area contributed by atoms with Crippen LogP contribution in [-0.4, -0.2) is 38.1 Å². The van der Waals surface area contributed by atoms with E-state index in [1.54, 1.807) is 49.6 Å². The minimum atomic E-state index is -0.371. The quantitative estimate of drug-likeness (QED) is 0.675. The van der Waals surface area contributed by atoms with Crippen molar-refractivity contribution < 1.29 is 28.6 Å². The van der Waals surface area contributed by atoms with Crippen molar-refractivity contribution in [2.75, 3.05) is 24.9 Å². The highest BCUT2D eigenvalue weighted by Crippen LogP contribution is 2.57. The van der Waals surface area contributed by atoms with Gasteiger partial charge in [0.2, 0.25) is 5.91 Å². The zero-order valence-electron chi connectivity index (χ0n) is 17.8. The van der Waals surface area contributed by atoms with Crippen LogP contribution < -0.4 is 20.1 Å². The molecule has 2 aliphatic carbocycles. The lowest BCUT2D eigenvalue weighted by atomic mass is 9.79. The van der Waals surface area contributed by atoms with Crippen molar-refractivity contribution in [1.29, 1.82) is 0 Å². The predicted octanol–water partition coefficient (Wildman–Crippen LogP) is 3.09. The van der Waals surface area contributed by atoms with Crippen LogP contribution in [0.3, 0.4) is 0 Å². The molecule has 2 saturated carbocycles. The molecule has 8 nitrogen and oxygen atoms in total. The van der Waals surface area contributed by atoms with E-state index in [-0.39, 0.29) is 47.6 Å². The standard InChI is InChI=1S/C24H24N2O6/c1-30-15-6-7-18(31-2)17(11-15)26-22(27)12-4-3-5-14(8-12)25-23(28)20-13-9-16-19(10-13)32-24(29)21(16)20/h3-8,11,13,16,19-21H,9-10H2,1-2H3,(H,25,28)(H,26,27)/t13-,16+,19+,20-,21+/m1/s1. The van der Waals surface area contributed by atoms with Crippen molar-refractivity contribution in [3.05, 3.63) is 48.0 Å². The molecule has 8 heteroatoms. The van der Waals surface area contributed by atoms with Crippen LogP contribution in [-0.2, 0) is 14.3 Å². The third-order valence-electron chi connectivity index (χ3n) is 6.83. The first-order valence-electron chi connectivity index (χ1n) is 10.6. The number of rotatable bonds is 6. The summed E-state index contributed by atoms with van der Waals surface area (Å²) in [6.07, 6.45) is 1.61. The fourth-order valence-corrected chi connectivity index (χ4v) is 5.43. The van der Waals surface area contributed by atoms with Crippen LogP contribution in [0.5, 0.6) is 11.5 Å². The van der Waals surface area contributed by atoms with Crippen LogP contribution in [0.2, 0.25) is 0 Å². The summed E-state index contributed by atoms with van der Waals surface area (Å²) in [6.45, 7) is 0. The molecule has 2 aromatic carbocycles. The van der Waals surface area contributed by atoms with Gasteiger partial charge in [0.15, 0.2) is 0 Å². The van der Waals surface area contributed by atoms with Gasteiger partial charge in [-0.25, -0.2) is 0 Å². The summed E-state index contributed by atoms with van der Waals surface area (Å²) in [6, 6.07) is 11.8. The minimum Gasteiger partial charge on any atom is -0.497 e. The Bertz CT molecular complexity index is 1100. The number of esters is 1. The summed E-state index contributed by atoms with van der Waals surface area (Å²) in [5.41, 5.74) is 1.36. The molecule has 3 fully saturated rings. The second-order valence-corrected chi connectivity index (χ2v) is 8.51. The molecule has 5 atom stereocenters. The number of benzene rings is 2. The van der Waals surface area contributed by atoms with Crippen LogP contribution in [0.25, 0.3) is 0 Å². The number of fused-ring (bicyclic) bond motifs is 1. The number of hydrogen-bond acceptors (Lipinski definition) is 6. The van der Waals surface area contributed by atoms with Crippen molar-refractivity contribution in [2.45, 2.75) is 18.9 Å². The molecule has 2 amide bonds. The van der Waals surface area contributed by atoms with Crippen LogP contribution in [0.4, 0.5) is 11.4 Å². The molecule has 1 heterocycles. The Labute approximate surface area is 185 Å². The maximum atomic E-state index is 13.0. The van der Waals surface area contributed by atoms with Crippen LogP contribution in [0.15, 0.2) is 42.5 Å². The average Bonchev–Trinajstić information content (AvgIpc) is 3.42. The molecule has 2 aromatic rings. The molecule has 5 rings (SSSR count). The molecule has 0 radical (unpaired) electrons. The predicted molar refractivity (Wildman–Crippen MR) is 116 cm³/mol. The van der Waals surface area contributed by atoms with Crippen LogP contribution in [0.1, 0.15) is 23.2 Å². The Kier molecular flexibility index (Phi) is 5.00. The van der Waals surface area contributed by atoms with Crippen LogP contribution >= 0.6 is 0 Å². The van der Waals surface area contributed by atoms with Gasteiger partial charge in [-0.2, -0.15) is 0 Å². The van der Waals surface area contributed by atoms with E-state index in [1.807, 2.05) is 0 Å². The van der Waals surface area contributed by atoms with E-state index in [2.05, 4.69) is 10.6 Å². The number of methoxy groups -OCH3 is 2. The van der Waals surface area contributed by atoms with Gasteiger partial charge in [-0.15, -0.1) is 0 Å². The van der Waals surface area contributed by atoms with E-state index in [0.29, 0.717) is 28.4 Å². The smallest absolute Gasteiger partial charge is 0.310 e. The Hall–Kier alpha value is -3.55. The summed E-state index contributed by atoms with van der Waals surface area (Å²) >= 11 is 0. The second-order valence-electron chi connectivity index (χ2n) is 8.51. The molecular weight excluding hydrogens is 412 g/mol. The van der Waals surface area contributed by atoms with Gasteiger partial charge in [0.1, 0.15) is 17.6 Å². The lowest BCUT2D eigenvalue weighted by molar-refractivity contribution is -0.145. The van der Waals surface area contributed by atoms with Gasteiger partial charge in [-0.05, 0) is 49.1 Å². The van der Waals surface area contributed by atoms with E-state index >= 15 is 0 Å². The maximum Gasteiger partial charge on any atom is 0.310 e. The van der Waals surface area contributed by atoms with Crippen molar-refractivity contribution in [2.24, 2.45) is 23.7 Å². The highest BCUT2D eigenvalue weighted by Gasteiger charge is 2.63. The molecule has 1 aliphatic heterocycles. The molecule has 0 aromatic heterocycles. The fraction of sp³-hybridized carbons (Fsp3) is 0.375. The maximum absolute atomic E-state index is 13.0. The van der Waals surface area contributed by atoms with Gasteiger partial charge in [0.25, 0.3) is 5.91 Å². The molecule has 32 heavy (non-hydrogen) atoms. The first-order chi connectivity index (χ1) is 15.5. The van der Waals surface area contributed by atoms with Crippen molar-refractivity contribution in [1.82, 2.24) is 0 Å². The lowest BCUT2D eigenvalue weighted by Crippen LogP contribution is -2.35. The highest BCUT2D eigenvalue weighted by atomic mass is 16.6. The molecule has 0 spiro atoms. The van der Waals surface area contributed by atoms with Gasteiger partial charge in [-0.1, -0.05) is 6.07 Å². The first kappa shape index (κ1) is 20.4. The third-order valence-corrected chi connectivity index (χ3v) is 6.83. The molecule has 0 unspecified atom stereocenters. The molecule has 2 N–H and O–H groups in total. The molecule has 166 valence electrons. The highest BCUT2D eigenvalue weighted by molar-refractivity contribution is 6.06. The Morgan fingerprint density at radius 3 is 2.66 bits per heavy atom. The Morgan fingerprint density at radius 1 is 1.03 bits per heavy atom. The number of anilines is 2. The number of nitrogens with one attached hydrogen (secondary N) is 2. The van der Waals surface area contributed by atoms with Gasteiger partial charge in [0, 0.05) is 23.2 Å². The zero-order chi connectivity index (χ0) is 22.4. The summed E-state index contributed by atoms with van der Waals surface area (Å²) < 4.78 is 15.9. The zero-order valence-corrected chi connectivity index (χ0v) is 17.8. The summed E-state index contributed by atoms with van der Waals surface area (Å²) in [5.74, 6) is -0.0772. The van der Waals surface area contributed by atoms with E-state index in [4.69, 9.17) is 14.2 Å². The average molecular weight is 436 g/mol. The normalized spacial score (nSPS) is 27.1. The molecule has 3 aliphatic rings. The number of ether oxygens (including phenoxy) is 3. The van der Waals surface area contributed by atoms with Crippen LogP contribution in [0, 0.1) is 23.7 Å². The van der Waals surface area contributed by atoms with E-state index in [9.17, 15) is 14.4 Å². The van der Waals surface area contributed by atoms with E-state index in [1.165, 1.54) is 7.11 Å². The Morgan fingerprint density at radius 2 is 1.88 bits per heavy atom. The van der Waals surface area contributed by atoms with Gasteiger partial charge < -0.3 is 24.8 Å². The largest absolute Gasteiger partial charge is 0.497 e. The first-order valence-corrected chi connectivity index (χ1v) is 10.6. The molecule has 2 bridgehead atoms. The monoisotopic (exact) mass is 436 g/mol. The third kappa shape index (κ3) is 3.36. The van der Waals surface area contributed by atoms with E-state index in [0.717, 1.165) is 12.8 Å². The van der Waals surface area contributed by atoms with Gasteiger partial charge >= 0.3 is 5.97 Å². The van der Waals surface area contributed by atoms with Gasteiger partial charge in [-0.3, -0.25) is 14.4 Å². The number of carbonyl (C=O) groups is 3. The molecular formula is C24H24N2O6. The minimum absolute atomic E-state index is 0.0119. The van der Waals surface area contributed by atoms with Crippen molar-refractivity contribution in [3.8, 4) is 11.5 Å². The second kappa shape index (κ2) is 7.85. The topological polar surface area (TPSA) is 103 Å². The number of hydrogen-bond donors (Lipinski definition) is 2. The van der Waals surface area contributed by atoms with Gasteiger partial charge in [0.05, 0.1) is 31.7 Å². The Balaban J connectivity index is 1.30. The fourth-order valence-electron chi connectivity index (χ4n) is 5.43.